The number of likely N-dealkylation sites (tertiary alicyclic amines) is 1. The van der Waals surface area contributed by atoms with Crippen LogP contribution in [-0.2, 0) is 110 Å². The summed E-state index contributed by atoms with van der Waals surface area (Å²) in [6.07, 6.45) is 9.37. The first-order valence-corrected chi connectivity index (χ1v) is 43.8. The number of ether oxygens (including phenoxy) is 5. The number of phenolic OH excluding ortho intramolecular Hbond substituents is 1. The smallest absolute Gasteiger partial charge is 0.335 e. The summed E-state index contributed by atoms with van der Waals surface area (Å²) >= 11 is 0. The quantitative estimate of drug-likeness (QED) is 0.00929. The number of hydrogen-bond donors (Lipinski definition) is 20. The summed E-state index contributed by atoms with van der Waals surface area (Å²) in [6.45, 7) is 7.78. The molecule has 0 spiro atoms. The average Bonchev–Trinajstić information content (AvgIpc) is 1.73. The number of aromatic nitrogens is 8. The second-order valence-corrected chi connectivity index (χ2v) is 32.4. The van der Waals surface area contributed by atoms with Crippen LogP contribution in [0.5, 0.6) is 17.2 Å². The van der Waals surface area contributed by atoms with Gasteiger partial charge in [0.1, 0.15) is 78.2 Å². The van der Waals surface area contributed by atoms with E-state index in [0.717, 1.165) is 29.1 Å². The first-order valence-electron chi connectivity index (χ1n) is 43.8. The van der Waals surface area contributed by atoms with Crippen LogP contribution < -0.4 is 79.4 Å². The van der Waals surface area contributed by atoms with Crippen LogP contribution in [0.3, 0.4) is 0 Å². The number of hydrogen-bond acceptors (Lipinski definition) is 26. The van der Waals surface area contributed by atoms with Gasteiger partial charge in [-0.15, -0.1) is 5.10 Å². The van der Waals surface area contributed by atoms with E-state index in [2.05, 4.69) is 93.9 Å². The topological polar surface area (TPSA) is 644 Å². The number of carbonyl (C=O) groups is 13. The van der Waals surface area contributed by atoms with Crippen LogP contribution >= 0.6 is 0 Å². The Labute approximate surface area is 755 Å². The third kappa shape index (κ3) is 33.4. The molecule has 2 aliphatic rings. The normalized spacial score (nSPS) is 15.2. The van der Waals surface area contributed by atoms with Gasteiger partial charge in [-0.25, -0.2) is 14.5 Å². The Hall–Kier alpha value is -13.6. The number of rotatable bonds is 58. The zero-order valence-electron chi connectivity index (χ0n) is 73.9. The van der Waals surface area contributed by atoms with E-state index < -0.39 is 139 Å². The molecule has 44 nitrogen and oxygen atoms in total. The van der Waals surface area contributed by atoms with Gasteiger partial charge in [-0.3, -0.25) is 68.0 Å². The number of unbranched alkanes of at least 4 members (excludes halogenated alkanes) is 1. The Morgan fingerprint density at radius 2 is 1.29 bits per heavy atom. The number of aromatic hydroxyl groups is 1. The monoisotopic (exact) mass is 1820 g/mol. The van der Waals surface area contributed by atoms with Gasteiger partial charge < -0.3 is 124 Å². The van der Waals surface area contributed by atoms with Gasteiger partial charge in [-0.1, -0.05) is 49.4 Å². The number of para-hydroxylation sites is 1. The van der Waals surface area contributed by atoms with Crippen molar-refractivity contribution < 1.29 is 101 Å². The molecule has 9 unspecified atom stereocenters. The number of aliphatic hydroxyl groups excluding tert-OH is 1. The number of carboxylic acid groups (broad SMARTS) is 1. The highest BCUT2D eigenvalue weighted by Gasteiger charge is 2.41. The van der Waals surface area contributed by atoms with Crippen molar-refractivity contribution in [2.45, 2.75) is 198 Å². The highest BCUT2D eigenvalue weighted by molar-refractivity contribution is 6.00. The molecule has 9 atom stereocenters. The van der Waals surface area contributed by atoms with E-state index >= 15 is 9.59 Å². The molecule has 44 heteroatoms. The van der Waals surface area contributed by atoms with Crippen LogP contribution in [0.4, 0.5) is 0 Å². The van der Waals surface area contributed by atoms with Crippen LogP contribution in [0.1, 0.15) is 141 Å². The van der Waals surface area contributed by atoms with Crippen molar-refractivity contribution in [1.82, 2.24) is 104 Å². The van der Waals surface area contributed by atoms with Crippen molar-refractivity contribution in [2.24, 2.45) is 17.4 Å². The fourth-order valence-corrected chi connectivity index (χ4v) is 14.9. The van der Waals surface area contributed by atoms with Crippen molar-refractivity contribution in [3.8, 4) is 17.2 Å². The van der Waals surface area contributed by atoms with E-state index in [1.165, 1.54) is 53.8 Å². The van der Waals surface area contributed by atoms with Gasteiger partial charge in [0.25, 0.3) is 0 Å². The lowest BCUT2D eigenvalue weighted by Gasteiger charge is -2.31. The number of H-pyrrole nitrogens is 3. The zero-order valence-corrected chi connectivity index (χ0v) is 73.9. The van der Waals surface area contributed by atoms with Crippen molar-refractivity contribution in [2.75, 3.05) is 85.6 Å². The third-order valence-corrected chi connectivity index (χ3v) is 21.7. The number of carbonyl (C=O) groups excluding carboxylic acids is 12. The predicted octanol–water partition coefficient (Wildman–Crippen LogP) is -1.12. The molecule has 0 radical (unpaired) electrons. The average molecular weight is 1830 g/mol. The Bertz CT molecular complexity index is 4960. The molecule has 9 rings (SSSR count). The van der Waals surface area contributed by atoms with E-state index in [4.69, 9.17) is 40.6 Å². The van der Waals surface area contributed by atoms with Gasteiger partial charge in [0.05, 0.1) is 94.9 Å². The molecule has 6 heterocycles. The van der Waals surface area contributed by atoms with Gasteiger partial charge in [-0.2, -0.15) is 5.10 Å². The van der Waals surface area contributed by atoms with E-state index in [-0.39, 0.29) is 165 Å². The fraction of sp³-hybridized carbons (Fsp3) is 0.517. The third-order valence-electron chi connectivity index (χ3n) is 21.7. The number of nitrogens with one attached hydrogen (secondary N) is 15. The second-order valence-electron chi connectivity index (χ2n) is 32.4. The number of carboxylic acids is 1. The number of primary amides is 1. The molecule has 0 bridgehead atoms. The van der Waals surface area contributed by atoms with Crippen LogP contribution in [0.25, 0.3) is 10.9 Å². The number of esters is 1. The minimum absolute atomic E-state index is 0.0294. The number of aromatic amines is 3. The highest BCUT2D eigenvalue weighted by Crippen LogP contribution is 2.27. The first kappa shape index (κ1) is 101. The maximum atomic E-state index is 15.2. The largest absolute Gasteiger partial charge is 0.508 e. The van der Waals surface area contributed by atoms with E-state index in [1.807, 2.05) is 13.8 Å². The molecule has 3 aromatic carbocycles. The molecule has 22 N–H and O–H groups in total. The zero-order chi connectivity index (χ0) is 94.3. The maximum Gasteiger partial charge on any atom is 0.335 e. The number of aryl methyl sites for hydroxylation is 3. The molecule has 131 heavy (non-hydrogen) atoms. The van der Waals surface area contributed by atoms with Crippen molar-refractivity contribution >= 4 is 93.8 Å². The molecule has 710 valence electrons. The van der Waals surface area contributed by atoms with Crippen LogP contribution in [0.2, 0.25) is 0 Å². The van der Waals surface area contributed by atoms with Gasteiger partial charge in [0, 0.05) is 80.0 Å². The lowest BCUT2D eigenvalue weighted by molar-refractivity contribution is -0.144. The number of benzene rings is 3. The summed E-state index contributed by atoms with van der Waals surface area (Å²) in [5.74, 6) is -10.6. The Morgan fingerprint density at radius 3 is 1.95 bits per heavy atom. The maximum absolute atomic E-state index is 15.2. The van der Waals surface area contributed by atoms with Gasteiger partial charge >= 0.3 is 11.9 Å². The van der Waals surface area contributed by atoms with Crippen molar-refractivity contribution in [1.29, 1.82) is 5.41 Å². The van der Waals surface area contributed by atoms with E-state index in [9.17, 15) is 68.1 Å². The van der Waals surface area contributed by atoms with Crippen molar-refractivity contribution in [3.63, 3.8) is 0 Å². The Kier molecular flexibility index (Phi) is 40.3. The molecular formula is C87H121N23O21. The van der Waals surface area contributed by atoms with Crippen LogP contribution in [-0.4, -0.2) is 283 Å². The number of aliphatic hydroxyl groups is 1. The minimum atomic E-state index is -1.85. The Morgan fingerprint density at radius 1 is 0.649 bits per heavy atom. The number of phenols is 1. The first-order chi connectivity index (χ1) is 63.0. The molecule has 11 amide bonds. The van der Waals surface area contributed by atoms with E-state index in [1.54, 1.807) is 61.3 Å². The Balaban J connectivity index is 0.810. The highest BCUT2D eigenvalue weighted by atomic mass is 16.6. The number of aromatic carboxylic acids is 1. The standard InChI is InChI=1S/C87H121N23O21/c1-51(2)37-68(79(118)99-67(18-9-27-93-87(89)90)85(124)110-28-10-19-73(110)84(123)95-46-74(88)113)100-77(116)65(17-7-8-26-91-47-76(115)131-36-35-128-34-33-127-32-29-109-48-57(107-108-109)13-11-30-129-60-39-55(86(125)126)40-61(43-60)130-31-12-15-62-52(3)105-106-53(62)4)98-80(119)69(38-54-20-22-59(112)23-21-54)101-83(122)72(49-111)104-81(120)70(41-56-44-94-64-16-6-5-14-63(56)64)102-82(121)71(42-58-45-92-50-96-58)103-78(117)66-24-25-75(114)97-66/h5-6,14,16,20-23,39-40,43-45,48,50-51,65-73,91,94,111-112H,7-13,15,17-19,24-38,41-42,46-47,49H2,1-4H3,(H2,88,113)(H,92,96)(H,95,123)(H,97,114)(H,98,119)(H,99,118)(H,100,116)(H,101,122)(H,102,121)(H,103,117)(H,104,120)(H,105,106)(H,125,126)(H4,89,90,93). The lowest BCUT2D eigenvalue weighted by atomic mass is 10.00. The summed E-state index contributed by atoms with van der Waals surface area (Å²) in [5.41, 5.74) is 16.6. The molecule has 2 fully saturated rings. The molecule has 0 aliphatic carbocycles. The molecule has 2 saturated heterocycles. The van der Waals surface area contributed by atoms with Gasteiger partial charge in [0.15, 0.2) is 5.96 Å². The summed E-state index contributed by atoms with van der Waals surface area (Å²) in [5, 5.41) is 84.5. The fourth-order valence-electron chi connectivity index (χ4n) is 14.9. The SMILES string of the molecule is Cc1n[nH]c(C)c1CCCOc1cc(OCCCc2cn(CCOCCOCCOC(=O)CNCCCCC(NC(=O)C(Cc3ccc(O)cc3)NC(=O)C(CO)NC(=O)C(Cc3c[nH]c4ccccc34)NC(=O)C(Cc3c[nH]cn3)NC(=O)C3CCC(=O)N3)C(=O)NC(CC(C)C)C(=O)NC(CCCNC(=N)N)C(=O)N3CCCC3C(=O)NCC(N)=O)nn2)cc(C(=O)O)c1. The summed E-state index contributed by atoms with van der Waals surface area (Å²) < 4.78 is 30.2. The molecule has 0 saturated carbocycles. The van der Waals surface area contributed by atoms with Crippen LogP contribution in [0, 0.1) is 25.2 Å². The van der Waals surface area contributed by atoms with E-state index in [0.29, 0.717) is 84.7 Å². The summed E-state index contributed by atoms with van der Waals surface area (Å²) in [4.78, 5) is 191. The second kappa shape index (κ2) is 52.1. The molecular weight excluding hydrogens is 1700 g/mol. The van der Waals surface area contributed by atoms with Crippen LogP contribution in [0.15, 0.2) is 91.6 Å². The number of nitrogens with zero attached hydrogens (tertiary/aromatic N) is 6. The van der Waals surface area contributed by atoms with Crippen molar-refractivity contribution in [3.05, 3.63) is 137 Å². The lowest BCUT2D eigenvalue weighted by Crippen LogP contribution is -2.61. The number of nitrogens with two attached hydrogens (primary N) is 2. The number of fused-ring (bicyclic) bond motifs is 1. The number of guanidine groups is 1. The van der Waals surface area contributed by atoms with Gasteiger partial charge in [0.2, 0.25) is 65.0 Å². The number of amides is 11. The predicted molar refractivity (Wildman–Crippen MR) is 472 cm³/mol. The van der Waals surface area contributed by atoms with Gasteiger partial charge in [-0.05, 0) is 157 Å². The molecule has 7 aromatic rings. The molecule has 4 aromatic heterocycles. The summed E-state index contributed by atoms with van der Waals surface area (Å²) in [6, 6.07) is 4.63. The minimum Gasteiger partial charge on any atom is -0.508 e. The summed E-state index contributed by atoms with van der Waals surface area (Å²) in [7, 11) is 0. The molecule has 2 aliphatic heterocycles. The number of imidazole rings is 1.